The quantitative estimate of drug-likeness (QED) is 0.746. The van der Waals surface area contributed by atoms with Crippen molar-refractivity contribution in [3.63, 3.8) is 0 Å². The van der Waals surface area contributed by atoms with Gasteiger partial charge in [0.2, 0.25) is 5.91 Å². The molecule has 1 fully saturated rings. The van der Waals surface area contributed by atoms with Gasteiger partial charge in [0.15, 0.2) is 5.41 Å². The number of carbonyl (C=O) groups excluding carboxylic acids is 1. The lowest BCUT2D eigenvalue weighted by molar-refractivity contribution is -0.148. The second-order valence-corrected chi connectivity index (χ2v) is 3.95. The Morgan fingerprint density at radius 3 is 2.62 bits per heavy atom. The minimum Gasteiger partial charge on any atom is -0.480 e. The zero-order valence-electron chi connectivity index (χ0n) is 8.31. The van der Waals surface area contributed by atoms with E-state index < -0.39 is 29.0 Å². The Morgan fingerprint density at radius 2 is 2.19 bits per heavy atom. The number of halogens is 1. The van der Waals surface area contributed by atoms with E-state index >= 15 is 0 Å². The molecule has 0 aromatic heterocycles. The van der Waals surface area contributed by atoms with Gasteiger partial charge >= 0.3 is 5.97 Å². The van der Waals surface area contributed by atoms with Crippen LogP contribution < -0.4 is 5.73 Å². The van der Waals surface area contributed by atoms with E-state index in [1.54, 1.807) is 6.07 Å². The van der Waals surface area contributed by atoms with Crippen molar-refractivity contribution in [2.24, 2.45) is 11.1 Å². The molecule has 0 aliphatic heterocycles. The molecule has 2 unspecified atom stereocenters. The van der Waals surface area contributed by atoms with Crippen molar-refractivity contribution >= 4 is 11.9 Å². The van der Waals surface area contributed by atoms with Gasteiger partial charge in [-0.2, -0.15) is 0 Å². The standard InChI is InChI=1S/C11H10FNO3/c12-7-3-1-2-6(4-7)8-5-11(8,9(13)14)10(15)16/h1-4,8H,5H2,(H2,13,14)(H,15,16). The smallest absolute Gasteiger partial charge is 0.319 e. The molecule has 1 aliphatic carbocycles. The summed E-state index contributed by atoms with van der Waals surface area (Å²) in [5, 5.41) is 8.98. The van der Waals surface area contributed by atoms with Crippen molar-refractivity contribution in [3.05, 3.63) is 35.6 Å². The highest BCUT2D eigenvalue weighted by Gasteiger charge is 2.65. The molecule has 4 nitrogen and oxygen atoms in total. The zero-order chi connectivity index (χ0) is 11.9. The number of primary amides is 1. The van der Waals surface area contributed by atoms with Crippen molar-refractivity contribution in [2.45, 2.75) is 12.3 Å². The van der Waals surface area contributed by atoms with Crippen LogP contribution in [-0.2, 0) is 9.59 Å². The number of carboxylic acids is 1. The van der Waals surface area contributed by atoms with Gasteiger partial charge in [0.25, 0.3) is 0 Å². The van der Waals surface area contributed by atoms with Gasteiger partial charge in [0.05, 0.1) is 0 Å². The predicted molar refractivity (Wildman–Crippen MR) is 53.0 cm³/mol. The lowest BCUT2D eigenvalue weighted by atomic mass is 9.98. The molecule has 0 spiro atoms. The second-order valence-electron chi connectivity index (χ2n) is 3.95. The molecule has 0 saturated heterocycles. The van der Waals surface area contributed by atoms with Crippen molar-refractivity contribution in [2.75, 3.05) is 0 Å². The Bertz CT molecular complexity index is 458. The van der Waals surface area contributed by atoms with Crippen LogP contribution in [0.15, 0.2) is 24.3 Å². The summed E-state index contributed by atoms with van der Waals surface area (Å²) in [5.41, 5.74) is 4.04. The molecular weight excluding hydrogens is 213 g/mol. The largest absolute Gasteiger partial charge is 0.480 e. The summed E-state index contributed by atoms with van der Waals surface area (Å²) in [5.74, 6) is -3.07. The predicted octanol–water partition coefficient (Wildman–Crippen LogP) is 0.869. The number of hydrogen-bond donors (Lipinski definition) is 2. The topological polar surface area (TPSA) is 80.4 Å². The summed E-state index contributed by atoms with van der Waals surface area (Å²) in [7, 11) is 0. The lowest BCUT2D eigenvalue weighted by Gasteiger charge is -2.07. The van der Waals surface area contributed by atoms with Crippen LogP contribution >= 0.6 is 0 Å². The number of aliphatic carboxylic acids is 1. The molecule has 1 aromatic rings. The highest BCUT2D eigenvalue weighted by molar-refractivity contribution is 6.06. The molecule has 0 bridgehead atoms. The first-order valence-electron chi connectivity index (χ1n) is 4.77. The van der Waals surface area contributed by atoms with E-state index in [0.717, 1.165) is 0 Å². The minimum absolute atomic E-state index is 0.140. The third-order valence-corrected chi connectivity index (χ3v) is 3.03. The molecule has 0 radical (unpaired) electrons. The van der Waals surface area contributed by atoms with Gasteiger partial charge in [-0.05, 0) is 24.1 Å². The molecule has 5 heteroatoms. The Hall–Kier alpha value is -1.91. The number of benzene rings is 1. The summed E-state index contributed by atoms with van der Waals surface area (Å²) < 4.78 is 12.9. The first kappa shape index (κ1) is 10.6. The number of carboxylic acid groups (broad SMARTS) is 1. The molecule has 3 N–H and O–H groups in total. The van der Waals surface area contributed by atoms with E-state index in [1.807, 2.05) is 0 Å². The van der Waals surface area contributed by atoms with Crippen LogP contribution in [0.4, 0.5) is 4.39 Å². The molecule has 1 aliphatic rings. The van der Waals surface area contributed by atoms with E-state index in [-0.39, 0.29) is 6.42 Å². The van der Waals surface area contributed by atoms with E-state index in [4.69, 9.17) is 10.8 Å². The van der Waals surface area contributed by atoms with Crippen molar-refractivity contribution < 1.29 is 19.1 Å². The lowest BCUT2D eigenvalue weighted by Crippen LogP contribution is -2.33. The maximum atomic E-state index is 12.9. The minimum atomic E-state index is -1.55. The van der Waals surface area contributed by atoms with Gasteiger partial charge in [0.1, 0.15) is 5.82 Å². The summed E-state index contributed by atoms with van der Waals surface area (Å²) in [4.78, 5) is 22.1. The average Bonchev–Trinajstić information content (AvgIpc) is 2.93. The maximum absolute atomic E-state index is 12.9. The number of amides is 1. The van der Waals surface area contributed by atoms with E-state index in [1.165, 1.54) is 18.2 Å². The fourth-order valence-corrected chi connectivity index (χ4v) is 2.00. The van der Waals surface area contributed by atoms with E-state index in [9.17, 15) is 14.0 Å². The maximum Gasteiger partial charge on any atom is 0.319 e. The van der Waals surface area contributed by atoms with E-state index in [2.05, 4.69) is 0 Å². The van der Waals surface area contributed by atoms with E-state index in [0.29, 0.717) is 5.56 Å². The van der Waals surface area contributed by atoms with Crippen LogP contribution in [0, 0.1) is 11.2 Å². The van der Waals surface area contributed by atoms with Crippen LogP contribution in [0.2, 0.25) is 0 Å². The van der Waals surface area contributed by atoms with Gasteiger partial charge in [-0.3, -0.25) is 9.59 Å². The molecule has 84 valence electrons. The molecule has 0 heterocycles. The number of nitrogens with two attached hydrogens (primary N) is 1. The average molecular weight is 223 g/mol. The third kappa shape index (κ3) is 1.36. The first-order chi connectivity index (χ1) is 7.48. The van der Waals surface area contributed by atoms with Crippen molar-refractivity contribution in [3.8, 4) is 0 Å². The molecule has 2 atom stereocenters. The zero-order valence-corrected chi connectivity index (χ0v) is 8.31. The normalized spacial score (nSPS) is 27.4. The summed E-state index contributed by atoms with van der Waals surface area (Å²) in [6, 6.07) is 5.58. The molecule has 1 saturated carbocycles. The van der Waals surface area contributed by atoms with Crippen LogP contribution in [-0.4, -0.2) is 17.0 Å². The van der Waals surface area contributed by atoms with Gasteiger partial charge < -0.3 is 10.8 Å². The SMILES string of the molecule is NC(=O)C1(C(=O)O)CC1c1cccc(F)c1. The fourth-order valence-electron chi connectivity index (χ4n) is 2.00. The molecule has 2 rings (SSSR count). The Labute approximate surface area is 90.9 Å². The van der Waals surface area contributed by atoms with Gasteiger partial charge in [-0.25, -0.2) is 4.39 Å². The van der Waals surface area contributed by atoms with Gasteiger partial charge in [0, 0.05) is 5.92 Å². The van der Waals surface area contributed by atoms with Crippen LogP contribution in [0.1, 0.15) is 17.9 Å². The molecule has 1 aromatic carbocycles. The highest BCUT2D eigenvalue weighted by Crippen LogP contribution is 2.59. The van der Waals surface area contributed by atoms with Crippen molar-refractivity contribution in [1.29, 1.82) is 0 Å². The summed E-state index contributed by atoms with van der Waals surface area (Å²) >= 11 is 0. The Balaban J connectivity index is 2.34. The monoisotopic (exact) mass is 223 g/mol. The Morgan fingerprint density at radius 1 is 1.50 bits per heavy atom. The number of carbonyl (C=O) groups is 2. The molecule has 1 amide bonds. The van der Waals surface area contributed by atoms with Crippen molar-refractivity contribution in [1.82, 2.24) is 0 Å². The van der Waals surface area contributed by atoms with Crippen LogP contribution in [0.25, 0.3) is 0 Å². The van der Waals surface area contributed by atoms with Gasteiger partial charge in [-0.1, -0.05) is 12.1 Å². The summed E-state index contributed by atoms with van der Waals surface area (Å²) in [6.45, 7) is 0. The van der Waals surface area contributed by atoms with Crippen LogP contribution in [0.5, 0.6) is 0 Å². The van der Waals surface area contributed by atoms with Crippen LogP contribution in [0.3, 0.4) is 0 Å². The first-order valence-corrected chi connectivity index (χ1v) is 4.77. The molecular formula is C11H10FNO3. The number of rotatable bonds is 3. The number of hydrogen-bond acceptors (Lipinski definition) is 2. The molecule has 16 heavy (non-hydrogen) atoms. The highest BCUT2D eigenvalue weighted by atomic mass is 19.1. The van der Waals surface area contributed by atoms with Gasteiger partial charge in [-0.15, -0.1) is 0 Å². The second kappa shape index (κ2) is 3.30. The Kier molecular flexibility index (Phi) is 2.18. The fraction of sp³-hybridized carbons (Fsp3) is 0.273. The summed E-state index contributed by atoms with van der Waals surface area (Å²) in [6.07, 6.45) is 0.140. The third-order valence-electron chi connectivity index (χ3n) is 3.03.